The fourth-order valence-corrected chi connectivity index (χ4v) is 3.04. The van der Waals surface area contributed by atoms with Gasteiger partial charge in [0.2, 0.25) is 6.29 Å². The van der Waals surface area contributed by atoms with Crippen LogP contribution in [0.2, 0.25) is 0 Å². The summed E-state index contributed by atoms with van der Waals surface area (Å²) in [5.74, 6) is -1.24. The molecule has 11 nitrogen and oxygen atoms in total. The molecule has 0 aliphatic carbocycles. The molecule has 0 aromatic rings. The van der Waals surface area contributed by atoms with Crippen molar-refractivity contribution in [2.45, 2.75) is 108 Å². The van der Waals surface area contributed by atoms with Crippen molar-refractivity contribution in [2.24, 2.45) is 0 Å². The molecule has 0 heterocycles. The topological polar surface area (TPSA) is 194 Å². The second-order valence-corrected chi connectivity index (χ2v) is 8.08. The van der Waals surface area contributed by atoms with Gasteiger partial charge in [-0.1, -0.05) is 38.5 Å². The van der Waals surface area contributed by atoms with E-state index in [9.17, 15) is 35.1 Å². The van der Waals surface area contributed by atoms with Gasteiger partial charge < -0.3 is 45.2 Å². The van der Waals surface area contributed by atoms with Gasteiger partial charge in [0, 0.05) is 19.4 Å². The summed E-state index contributed by atoms with van der Waals surface area (Å²) in [5.41, 5.74) is 0. The van der Waals surface area contributed by atoms with Gasteiger partial charge in [0.25, 0.3) is 0 Å². The van der Waals surface area contributed by atoms with Crippen molar-refractivity contribution in [3.8, 4) is 0 Å². The molecular weight excluding hydrogens is 440 g/mol. The zero-order valence-corrected chi connectivity index (χ0v) is 19.3. The molecule has 11 heteroatoms. The van der Waals surface area contributed by atoms with Gasteiger partial charge in [-0.05, 0) is 25.7 Å². The molecule has 0 saturated carbocycles. The van der Waals surface area contributed by atoms with Gasteiger partial charge in [0.05, 0.1) is 13.2 Å². The minimum Gasteiger partial charge on any atom is -0.466 e. The van der Waals surface area contributed by atoms with Crippen molar-refractivity contribution in [3.05, 3.63) is 0 Å². The van der Waals surface area contributed by atoms with Crippen LogP contribution in [0.3, 0.4) is 0 Å². The number of ether oxygens (including phenoxy) is 2. The number of carbonyl (C=O) groups is 2. The van der Waals surface area contributed by atoms with Gasteiger partial charge in [-0.25, -0.2) is 0 Å². The molecule has 0 amide bonds. The van der Waals surface area contributed by atoms with Gasteiger partial charge in [0.1, 0.15) is 24.4 Å². The lowest BCUT2D eigenvalue weighted by Gasteiger charge is -2.28. The molecule has 0 spiro atoms. The van der Waals surface area contributed by atoms with Crippen molar-refractivity contribution in [1.29, 1.82) is 0 Å². The van der Waals surface area contributed by atoms with Crippen molar-refractivity contribution in [2.75, 3.05) is 19.8 Å². The summed E-state index contributed by atoms with van der Waals surface area (Å²) >= 11 is 0. The zero-order valence-electron chi connectivity index (χ0n) is 19.3. The van der Waals surface area contributed by atoms with E-state index in [2.05, 4.69) is 4.74 Å². The highest BCUT2D eigenvalue weighted by atomic mass is 16.6. The fourth-order valence-electron chi connectivity index (χ4n) is 3.04. The third kappa shape index (κ3) is 16.0. The third-order valence-corrected chi connectivity index (χ3v) is 5.15. The van der Waals surface area contributed by atoms with Gasteiger partial charge in [-0.2, -0.15) is 0 Å². The molecule has 0 aliphatic rings. The van der Waals surface area contributed by atoms with Gasteiger partial charge in [-0.3, -0.25) is 9.59 Å². The summed E-state index contributed by atoms with van der Waals surface area (Å²) in [7, 11) is 0. The summed E-state index contributed by atoms with van der Waals surface area (Å²) in [6, 6.07) is 0. The van der Waals surface area contributed by atoms with E-state index >= 15 is 0 Å². The van der Waals surface area contributed by atoms with Crippen molar-refractivity contribution < 1.29 is 54.8 Å². The summed E-state index contributed by atoms with van der Waals surface area (Å²) < 4.78 is 9.70. The lowest BCUT2D eigenvalue weighted by molar-refractivity contribution is -0.213. The number of esters is 2. The van der Waals surface area contributed by atoms with Crippen molar-refractivity contribution in [1.82, 2.24) is 0 Å². The molecule has 0 aromatic heterocycles. The number of rotatable bonds is 21. The van der Waals surface area contributed by atoms with Crippen LogP contribution in [-0.4, -0.2) is 98.2 Å². The summed E-state index contributed by atoms with van der Waals surface area (Å²) in [4.78, 5) is 23.4. The molecule has 5 atom stereocenters. The normalized spacial score (nSPS) is 16.0. The van der Waals surface area contributed by atoms with Crippen LogP contribution in [0, 0.1) is 0 Å². The Morgan fingerprint density at radius 2 is 1.12 bits per heavy atom. The largest absolute Gasteiger partial charge is 0.466 e. The van der Waals surface area contributed by atoms with Gasteiger partial charge in [0.15, 0.2) is 0 Å². The number of unbranched alkanes of at least 4 members (excludes halogenated alkanes) is 8. The molecule has 1 unspecified atom stereocenters. The summed E-state index contributed by atoms with van der Waals surface area (Å²) in [6.45, 7) is -0.274. The molecule has 33 heavy (non-hydrogen) atoms. The molecule has 0 saturated heterocycles. The number of aliphatic hydroxyl groups excluding tert-OH is 7. The minimum absolute atomic E-state index is 0.132. The number of hydrogen-bond acceptors (Lipinski definition) is 11. The Balaban J connectivity index is 3.78. The number of carbonyl (C=O) groups excluding carboxylic acids is 2. The Labute approximate surface area is 195 Å². The Morgan fingerprint density at radius 1 is 0.606 bits per heavy atom. The second kappa shape index (κ2) is 20.1. The van der Waals surface area contributed by atoms with E-state index < -0.39 is 43.3 Å². The monoisotopic (exact) mass is 482 g/mol. The highest BCUT2D eigenvalue weighted by Crippen LogP contribution is 2.12. The van der Waals surface area contributed by atoms with Crippen LogP contribution in [0.25, 0.3) is 0 Å². The first kappa shape index (κ1) is 31.7. The van der Waals surface area contributed by atoms with Crippen LogP contribution in [0.1, 0.15) is 77.0 Å². The van der Waals surface area contributed by atoms with Gasteiger partial charge in [-0.15, -0.1) is 0 Å². The molecule has 0 aliphatic heterocycles. The first-order valence-electron chi connectivity index (χ1n) is 11.7. The maximum atomic E-state index is 11.7. The highest BCUT2D eigenvalue weighted by molar-refractivity contribution is 5.70. The Bertz CT molecular complexity index is 503. The lowest BCUT2D eigenvalue weighted by Crippen LogP contribution is -2.50. The van der Waals surface area contributed by atoms with E-state index in [1.54, 1.807) is 0 Å². The SMILES string of the molecule is O=C(CCCCC(=O)OC(O)[C@H](O)[C@@H](O)[C@H](O)[C@H](O)CO)OCCCCCCCCCCO. The van der Waals surface area contributed by atoms with Gasteiger partial charge >= 0.3 is 11.9 Å². The Morgan fingerprint density at radius 3 is 1.67 bits per heavy atom. The number of aliphatic hydroxyl groups is 7. The van der Waals surface area contributed by atoms with E-state index in [1.807, 2.05) is 0 Å². The average molecular weight is 483 g/mol. The molecule has 7 N–H and O–H groups in total. The summed E-state index contributed by atoms with van der Waals surface area (Å²) in [5, 5.41) is 65.1. The van der Waals surface area contributed by atoms with Crippen molar-refractivity contribution in [3.63, 3.8) is 0 Å². The van der Waals surface area contributed by atoms with E-state index in [-0.39, 0.29) is 31.8 Å². The van der Waals surface area contributed by atoms with Crippen molar-refractivity contribution >= 4 is 11.9 Å². The first-order chi connectivity index (χ1) is 15.7. The molecule has 196 valence electrons. The van der Waals surface area contributed by atoms with Crippen LogP contribution in [-0.2, 0) is 19.1 Å². The van der Waals surface area contributed by atoms with E-state index in [0.717, 1.165) is 51.4 Å². The van der Waals surface area contributed by atoms with E-state index in [1.165, 1.54) is 0 Å². The quantitative estimate of drug-likeness (QED) is 0.0633. The van der Waals surface area contributed by atoms with Crippen LogP contribution in [0.4, 0.5) is 0 Å². The van der Waals surface area contributed by atoms with Crippen LogP contribution in [0.15, 0.2) is 0 Å². The molecule has 0 radical (unpaired) electrons. The Kier molecular flexibility index (Phi) is 19.3. The maximum absolute atomic E-state index is 11.7. The van der Waals surface area contributed by atoms with Crippen LogP contribution in [0.5, 0.6) is 0 Å². The first-order valence-corrected chi connectivity index (χ1v) is 11.7. The molecule has 0 bridgehead atoms. The molecule has 0 rings (SSSR count). The number of hydrogen-bond donors (Lipinski definition) is 7. The smallest absolute Gasteiger partial charge is 0.308 e. The zero-order chi connectivity index (χ0) is 25.1. The third-order valence-electron chi connectivity index (χ3n) is 5.15. The van der Waals surface area contributed by atoms with Crippen LogP contribution >= 0.6 is 0 Å². The second-order valence-electron chi connectivity index (χ2n) is 8.08. The predicted octanol–water partition coefficient (Wildman–Crippen LogP) is -0.499. The van der Waals surface area contributed by atoms with Crippen LogP contribution < -0.4 is 0 Å². The summed E-state index contributed by atoms with van der Waals surface area (Å²) in [6.07, 6.45) is -1.18. The molecule has 0 fully saturated rings. The average Bonchev–Trinajstić information content (AvgIpc) is 2.80. The molecular formula is C22H42O11. The minimum atomic E-state index is -2.14. The lowest BCUT2D eigenvalue weighted by atomic mass is 10.0. The maximum Gasteiger partial charge on any atom is 0.308 e. The molecule has 0 aromatic carbocycles. The predicted molar refractivity (Wildman–Crippen MR) is 117 cm³/mol. The highest BCUT2D eigenvalue weighted by Gasteiger charge is 2.35. The van der Waals surface area contributed by atoms with E-state index in [4.69, 9.17) is 14.9 Å². The van der Waals surface area contributed by atoms with E-state index in [0.29, 0.717) is 13.0 Å². The Hall–Kier alpha value is -1.34. The standard InChI is InChI=1S/C22H42O11/c23-13-9-5-3-1-2-4-6-10-14-32-17(26)11-7-8-12-18(27)33-22(31)21(30)20(29)19(28)16(25)15-24/h16,19-25,28-31H,1-15H2/t16-,19-,20+,21-,22?/m1/s1. The fraction of sp³-hybridized carbons (Fsp3) is 0.909.